The van der Waals surface area contributed by atoms with E-state index in [0.717, 1.165) is 15.7 Å². The Bertz CT molecular complexity index is 1260. The summed E-state index contributed by atoms with van der Waals surface area (Å²) in [5.41, 5.74) is 2.55. The number of pyridine rings is 1. The van der Waals surface area contributed by atoms with Crippen LogP contribution in [0.2, 0.25) is 5.02 Å². The Balaban J connectivity index is 2.00. The van der Waals surface area contributed by atoms with Gasteiger partial charge >= 0.3 is 5.97 Å². The van der Waals surface area contributed by atoms with E-state index in [4.69, 9.17) is 21.4 Å². The van der Waals surface area contributed by atoms with Crippen LogP contribution in [-0.2, 0) is 22.7 Å². The van der Waals surface area contributed by atoms with Crippen molar-refractivity contribution < 1.29 is 14.6 Å². The number of benzene rings is 1. The van der Waals surface area contributed by atoms with Crippen LogP contribution < -0.4 is 5.56 Å². The monoisotopic (exact) mass is 399 g/mol. The number of hydrogen-bond donors (Lipinski definition) is 1. The lowest BCUT2D eigenvalue weighted by atomic mass is 10.1. The van der Waals surface area contributed by atoms with Crippen LogP contribution >= 0.6 is 11.6 Å². The first-order valence-electron chi connectivity index (χ1n) is 8.23. The van der Waals surface area contributed by atoms with Crippen molar-refractivity contribution in [3.63, 3.8) is 0 Å². The first kappa shape index (κ1) is 18.1. The predicted molar refractivity (Wildman–Crippen MR) is 101 cm³/mol. The molecular weight excluding hydrogens is 386 g/mol. The molecular formula is C18H14ClN5O4. The number of methoxy groups -OCH3 is 1. The smallest absolute Gasteiger partial charge is 0.323 e. The summed E-state index contributed by atoms with van der Waals surface area (Å²) in [4.78, 5) is 23.5. The quantitative estimate of drug-likeness (QED) is 0.546. The van der Waals surface area contributed by atoms with Gasteiger partial charge in [-0.05, 0) is 23.8 Å². The van der Waals surface area contributed by atoms with Crippen LogP contribution in [0.15, 0.2) is 41.3 Å². The van der Waals surface area contributed by atoms with Gasteiger partial charge in [-0.3, -0.25) is 9.59 Å². The molecule has 0 spiro atoms. The molecule has 0 aliphatic heterocycles. The fourth-order valence-electron chi connectivity index (χ4n) is 3.05. The van der Waals surface area contributed by atoms with E-state index in [9.17, 15) is 9.59 Å². The molecule has 1 aromatic carbocycles. The first-order valence-corrected chi connectivity index (χ1v) is 8.61. The maximum atomic E-state index is 12.5. The highest BCUT2D eigenvalue weighted by Gasteiger charge is 2.19. The molecule has 9 nitrogen and oxygen atoms in total. The lowest BCUT2D eigenvalue weighted by molar-refractivity contribution is -0.137. The van der Waals surface area contributed by atoms with Crippen LogP contribution in [0.1, 0.15) is 5.69 Å². The predicted octanol–water partition coefficient (Wildman–Crippen LogP) is 1.99. The molecule has 0 bridgehead atoms. The third-order valence-corrected chi connectivity index (χ3v) is 4.50. The average molecular weight is 400 g/mol. The molecule has 3 aromatic heterocycles. The van der Waals surface area contributed by atoms with Crippen molar-refractivity contribution >= 4 is 34.3 Å². The Labute approximate surface area is 162 Å². The van der Waals surface area contributed by atoms with E-state index in [-0.39, 0.29) is 12.1 Å². The number of aromatic nitrogens is 5. The van der Waals surface area contributed by atoms with Crippen LogP contribution in [0.3, 0.4) is 0 Å². The zero-order valence-electron chi connectivity index (χ0n) is 14.7. The molecule has 10 heteroatoms. The fraction of sp³-hybridized carbons (Fsp3) is 0.167. The van der Waals surface area contributed by atoms with Crippen LogP contribution in [0, 0.1) is 0 Å². The second-order valence-electron chi connectivity index (χ2n) is 6.07. The summed E-state index contributed by atoms with van der Waals surface area (Å²) < 4.78 is 7.84. The lowest BCUT2D eigenvalue weighted by Gasteiger charge is -2.05. The molecule has 0 aliphatic carbocycles. The van der Waals surface area contributed by atoms with Crippen molar-refractivity contribution in [2.45, 2.75) is 13.2 Å². The second-order valence-corrected chi connectivity index (χ2v) is 6.51. The van der Waals surface area contributed by atoms with Crippen molar-refractivity contribution in [2.75, 3.05) is 7.11 Å². The van der Waals surface area contributed by atoms with Gasteiger partial charge in [-0.25, -0.2) is 4.52 Å². The van der Waals surface area contributed by atoms with E-state index < -0.39 is 18.1 Å². The molecule has 4 aromatic rings. The summed E-state index contributed by atoms with van der Waals surface area (Å²) in [7, 11) is 1.56. The van der Waals surface area contributed by atoms with Gasteiger partial charge in [0.25, 0.3) is 5.56 Å². The Morgan fingerprint density at radius 2 is 1.96 bits per heavy atom. The molecule has 0 fully saturated rings. The maximum Gasteiger partial charge on any atom is 0.323 e. The molecule has 0 amide bonds. The first-order chi connectivity index (χ1) is 13.5. The Morgan fingerprint density at radius 1 is 1.21 bits per heavy atom. The Morgan fingerprint density at radius 3 is 2.64 bits per heavy atom. The zero-order chi connectivity index (χ0) is 19.8. The number of fused-ring (bicyclic) bond motifs is 3. The van der Waals surface area contributed by atoms with Crippen molar-refractivity contribution in [1.82, 2.24) is 24.4 Å². The zero-order valence-corrected chi connectivity index (χ0v) is 15.4. The van der Waals surface area contributed by atoms with E-state index in [0.29, 0.717) is 21.9 Å². The summed E-state index contributed by atoms with van der Waals surface area (Å²) in [5.74, 6) is -1.12. The van der Waals surface area contributed by atoms with Crippen molar-refractivity contribution in [3.05, 3.63) is 57.6 Å². The van der Waals surface area contributed by atoms with E-state index in [1.54, 1.807) is 25.3 Å². The normalized spacial score (nSPS) is 11.4. The fourth-order valence-corrected chi connectivity index (χ4v) is 3.17. The van der Waals surface area contributed by atoms with Gasteiger partial charge in [0.1, 0.15) is 12.1 Å². The molecule has 142 valence electrons. The van der Waals surface area contributed by atoms with Gasteiger partial charge in [0.05, 0.1) is 17.9 Å². The Hall–Kier alpha value is -3.30. The molecule has 0 radical (unpaired) electrons. The minimum atomic E-state index is -1.12. The largest absolute Gasteiger partial charge is 0.480 e. The van der Waals surface area contributed by atoms with E-state index >= 15 is 0 Å². The SMILES string of the molecule is COCc1nn2c(nnc3c(=O)n(CC(=O)O)ccc32)c1-c1ccc(Cl)cc1. The summed E-state index contributed by atoms with van der Waals surface area (Å²) in [6, 6.07) is 8.80. The summed E-state index contributed by atoms with van der Waals surface area (Å²) in [6.07, 6.45) is 1.40. The van der Waals surface area contributed by atoms with Crippen molar-refractivity contribution in [2.24, 2.45) is 0 Å². The summed E-state index contributed by atoms with van der Waals surface area (Å²) in [6.45, 7) is -0.225. The minimum absolute atomic E-state index is 0.0328. The van der Waals surface area contributed by atoms with E-state index in [2.05, 4.69) is 15.3 Å². The minimum Gasteiger partial charge on any atom is -0.480 e. The van der Waals surface area contributed by atoms with Crippen molar-refractivity contribution in [3.8, 4) is 11.1 Å². The highest BCUT2D eigenvalue weighted by Crippen LogP contribution is 2.29. The summed E-state index contributed by atoms with van der Waals surface area (Å²) >= 11 is 5.99. The number of rotatable bonds is 5. The number of hydrogen-bond acceptors (Lipinski definition) is 6. The molecule has 0 saturated carbocycles. The average Bonchev–Trinajstić information content (AvgIpc) is 3.03. The number of ether oxygens (including phenoxy) is 1. The van der Waals surface area contributed by atoms with E-state index in [1.807, 2.05) is 12.1 Å². The highest BCUT2D eigenvalue weighted by molar-refractivity contribution is 6.30. The van der Waals surface area contributed by atoms with Gasteiger partial charge in [0.2, 0.25) is 0 Å². The van der Waals surface area contributed by atoms with Gasteiger partial charge in [0.15, 0.2) is 11.2 Å². The summed E-state index contributed by atoms with van der Waals surface area (Å²) in [5, 5.41) is 22.3. The molecule has 0 unspecified atom stereocenters. The molecule has 28 heavy (non-hydrogen) atoms. The van der Waals surface area contributed by atoms with Gasteiger partial charge in [-0.2, -0.15) is 5.10 Å². The van der Waals surface area contributed by atoms with Gasteiger partial charge in [0, 0.05) is 18.3 Å². The Kier molecular flexibility index (Phi) is 4.54. The molecule has 3 heterocycles. The lowest BCUT2D eigenvalue weighted by Crippen LogP contribution is -2.25. The number of carboxylic acid groups (broad SMARTS) is 1. The van der Waals surface area contributed by atoms with Crippen molar-refractivity contribution in [1.29, 1.82) is 0 Å². The van der Waals surface area contributed by atoms with Gasteiger partial charge < -0.3 is 14.4 Å². The van der Waals surface area contributed by atoms with Crippen LogP contribution in [-0.4, -0.2) is 42.6 Å². The second kappa shape index (κ2) is 7.02. The highest BCUT2D eigenvalue weighted by atomic mass is 35.5. The molecule has 0 atom stereocenters. The molecule has 4 rings (SSSR count). The van der Waals surface area contributed by atoms with Gasteiger partial charge in [-0.1, -0.05) is 23.7 Å². The molecule has 0 aliphatic rings. The third-order valence-electron chi connectivity index (χ3n) is 4.24. The number of nitrogens with zero attached hydrogens (tertiary/aromatic N) is 5. The number of halogens is 1. The third kappa shape index (κ3) is 3.00. The van der Waals surface area contributed by atoms with Gasteiger partial charge in [-0.15, -0.1) is 10.2 Å². The number of aliphatic carboxylic acids is 1. The van der Waals surface area contributed by atoms with Crippen LogP contribution in [0.25, 0.3) is 27.8 Å². The standard InChI is InChI=1S/C18H14ClN5O4/c1-28-9-12-15(10-2-4-11(19)5-3-10)17-21-20-16-13(24(17)22-12)6-7-23(18(16)27)8-14(25)26/h2-7H,8-9H2,1H3,(H,25,26). The van der Waals surface area contributed by atoms with Crippen LogP contribution in [0.4, 0.5) is 0 Å². The topological polar surface area (TPSA) is 112 Å². The number of carbonyl (C=O) groups is 1. The molecule has 1 N–H and O–H groups in total. The molecule has 0 saturated heterocycles. The van der Waals surface area contributed by atoms with Crippen LogP contribution in [0.5, 0.6) is 0 Å². The number of carboxylic acids is 1. The maximum absolute atomic E-state index is 12.5. The van der Waals surface area contributed by atoms with E-state index in [1.165, 1.54) is 10.7 Å².